The third-order valence-electron chi connectivity index (χ3n) is 4.72. The van der Waals surface area contributed by atoms with Crippen molar-refractivity contribution in [2.45, 2.75) is 6.54 Å². The van der Waals surface area contributed by atoms with Crippen LogP contribution >= 0.6 is 11.6 Å². The maximum atomic E-state index is 10.7. The highest BCUT2D eigenvalue weighted by Crippen LogP contribution is 2.31. The first kappa shape index (κ1) is 19.2. The van der Waals surface area contributed by atoms with Crippen LogP contribution in [0.25, 0.3) is 10.9 Å². The lowest BCUT2D eigenvalue weighted by Gasteiger charge is -2.10. The summed E-state index contributed by atoms with van der Waals surface area (Å²) < 4.78 is 0. The minimum Gasteiger partial charge on any atom is -0.494 e. The molecule has 0 atom stereocenters. The highest BCUT2D eigenvalue weighted by molar-refractivity contribution is 6.31. The van der Waals surface area contributed by atoms with Gasteiger partial charge in [-0.2, -0.15) is 0 Å². The molecule has 146 valence electrons. The van der Waals surface area contributed by atoms with Crippen molar-refractivity contribution in [1.82, 2.24) is 9.88 Å². The van der Waals surface area contributed by atoms with Crippen LogP contribution in [0.2, 0.25) is 5.02 Å². The van der Waals surface area contributed by atoms with Crippen molar-refractivity contribution in [3.63, 3.8) is 0 Å². The van der Waals surface area contributed by atoms with Gasteiger partial charge in [-0.3, -0.25) is 0 Å². The van der Waals surface area contributed by atoms with Gasteiger partial charge in [0.05, 0.1) is 17.0 Å². The average molecular weight is 404 g/mol. The molecule has 4 nitrogen and oxygen atoms in total. The summed E-state index contributed by atoms with van der Waals surface area (Å²) in [6.07, 6.45) is 0. The van der Waals surface area contributed by atoms with Crippen LogP contribution in [0.15, 0.2) is 77.8 Å². The number of aliphatic imine (C=N–C) groups is 1. The fraction of sp³-hybridized carbons (Fsp3) is 0.125. The fourth-order valence-corrected chi connectivity index (χ4v) is 3.54. The molecular formula is C24H22ClN3O. The van der Waals surface area contributed by atoms with Gasteiger partial charge < -0.3 is 15.0 Å². The number of aromatic hydroxyl groups is 1. The van der Waals surface area contributed by atoms with Gasteiger partial charge in [-0.05, 0) is 50.0 Å². The minimum absolute atomic E-state index is 0.101. The number of halogens is 1. The molecule has 0 aliphatic carbocycles. The van der Waals surface area contributed by atoms with Crippen LogP contribution in [0.3, 0.4) is 0 Å². The van der Waals surface area contributed by atoms with Crippen molar-refractivity contribution < 1.29 is 5.11 Å². The summed E-state index contributed by atoms with van der Waals surface area (Å²) in [5, 5.41) is 12.3. The number of hydrogen-bond acceptors (Lipinski definition) is 3. The van der Waals surface area contributed by atoms with Crippen LogP contribution in [0.4, 0.5) is 5.69 Å². The van der Waals surface area contributed by atoms with E-state index in [-0.39, 0.29) is 5.88 Å². The highest BCUT2D eigenvalue weighted by Gasteiger charge is 2.18. The molecule has 4 rings (SSSR count). The van der Waals surface area contributed by atoms with Crippen molar-refractivity contribution in [1.29, 1.82) is 0 Å². The number of fused-ring (bicyclic) bond motifs is 1. The lowest BCUT2D eigenvalue weighted by Crippen LogP contribution is -2.10. The van der Waals surface area contributed by atoms with Gasteiger partial charge in [0.1, 0.15) is 0 Å². The number of hydrogen-bond donors (Lipinski definition) is 2. The molecule has 2 N–H and O–H groups in total. The number of rotatable bonds is 5. The Morgan fingerprint density at radius 1 is 0.966 bits per heavy atom. The summed E-state index contributed by atoms with van der Waals surface area (Å²) in [5.41, 5.74) is 5.16. The summed E-state index contributed by atoms with van der Waals surface area (Å²) in [7, 11) is 4.09. The Kier molecular flexibility index (Phi) is 5.38. The van der Waals surface area contributed by atoms with E-state index in [0.717, 1.165) is 28.7 Å². The molecule has 0 saturated carbocycles. The molecule has 0 unspecified atom stereocenters. The molecule has 29 heavy (non-hydrogen) atoms. The molecular weight excluding hydrogens is 382 g/mol. The van der Waals surface area contributed by atoms with E-state index in [1.165, 1.54) is 5.56 Å². The van der Waals surface area contributed by atoms with Crippen LogP contribution in [0.1, 0.15) is 16.7 Å². The van der Waals surface area contributed by atoms with Crippen molar-refractivity contribution in [3.8, 4) is 5.88 Å². The largest absolute Gasteiger partial charge is 0.494 e. The van der Waals surface area contributed by atoms with E-state index in [4.69, 9.17) is 16.6 Å². The van der Waals surface area contributed by atoms with Gasteiger partial charge in [-0.25, -0.2) is 4.99 Å². The predicted octanol–water partition coefficient (Wildman–Crippen LogP) is 5.76. The molecule has 0 amide bonds. The number of para-hydroxylation sites is 1. The molecule has 0 fully saturated rings. The first-order chi connectivity index (χ1) is 14.0. The van der Waals surface area contributed by atoms with Crippen molar-refractivity contribution in [3.05, 3.63) is 94.5 Å². The third kappa shape index (κ3) is 4.19. The van der Waals surface area contributed by atoms with E-state index in [1.54, 1.807) is 0 Å². The molecule has 0 radical (unpaired) electrons. The zero-order valence-electron chi connectivity index (χ0n) is 16.4. The first-order valence-corrected chi connectivity index (χ1v) is 9.77. The fourth-order valence-electron chi connectivity index (χ4n) is 3.41. The number of nitrogens with zero attached hydrogens (tertiary/aromatic N) is 2. The molecule has 5 heteroatoms. The summed E-state index contributed by atoms with van der Waals surface area (Å²) in [4.78, 5) is 10.1. The van der Waals surface area contributed by atoms with E-state index in [2.05, 4.69) is 22.0 Å². The summed E-state index contributed by atoms with van der Waals surface area (Å²) in [6.45, 7) is 0.872. The maximum absolute atomic E-state index is 10.7. The molecule has 1 heterocycles. The molecule has 0 aliphatic heterocycles. The molecule has 0 bridgehead atoms. The molecule has 0 spiro atoms. The predicted molar refractivity (Wildman–Crippen MR) is 121 cm³/mol. The van der Waals surface area contributed by atoms with Gasteiger partial charge in [0.15, 0.2) is 5.88 Å². The van der Waals surface area contributed by atoms with Crippen LogP contribution in [-0.2, 0) is 6.54 Å². The van der Waals surface area contributed by atoms with Gasteiger partial charge >= 0.3 is 0 Å². The number of H-pyrrole nitrogens is 1. The van der Waals surface area contributed by atoms with Gasteiger partial charge in [0.25, 0.3) is 0 Å². The van der Waals surface area contributed by atoms with Gasteiger partial charge in [0, 0.05) is 28.0 Å². The molecule has 4 aromatic rings. The van der Waals surface area contributed by atoms with Gasteiger partial charge in [-0.15, -0.1) is 0 Å². The average Bonchev–Trinajstić information content (AvgIpc) is 3.03. The Morgan fingerprint density at radius 2 is 1.66 bits per heavy atom. The second kappa shape index (κ2) is 8.11. The molecule has 1 aromatic heterocycles. The van der Waals surface area contributed by atoms with Gasteiger partial charge in [0.2, 0.25) is 0 Å². The van der Waals surface area contributed by atoms with Gasteiger partial charge in [-0.1, -0.05) is 54.1 Å². The zero-order chi connectivity index (χ0) is 20.4. The topological polar surface area (TPSA) is 51.6 Å². The van der Waals surface area contributed by atoms with Crippen molar-refractivity contribution in [2.75, 3.05) is 14.1 Å². The Bertz CT molecular complexity index is 1160. The summed E-state index contributed by atoms with van der Waals surface area (Å²) in [5.74, 6) is 0.101. The van der Waals surface area contributed by atoms with Crippen LogP contribution in [0, 0.1) is 0 Å². The Morgan fingerprint density at radius 3 is 2.34 bits per heavy atom. The van der Waals surface area contributed by atoms with Crippen molar-refractivity contribution in [2.24, 2.45) is 4.99 Å². The standard InChI is InChI=1S/C24H22ClN3O/c1-28(2)15-16-7-13-19(14-8-16)26-23(17-9-11-18(25)12-10-17)22-20-5-3-4-6-21(20)27-24(22)29/h3-14,27,29H,15H2,1-2H3. The Labute approximate surface area is 175 Å². The molecule has 3 aromatic carbocycles. The number of aromatic amines is 1. The number of benzene rings is 3. The molecule has 0 aliphatic rings. The Balaban J connectivity index is 1.86. The lowest BCUT2D eigenvalue weighted by molar-refractivity contribution is 0.402. The SMILES string of the molecule is CN(C)Cc1ccc(N=C(c2ccc(Cl)cc2)c2c(O)[nH]c3ccccc23)cc1. The van der Waals surface area contributed by atoms with E-state index < -0.39 is 0 Å². The van der Waals surface area contributed by atoms with E-state index >= 15 is 0 Å². The smallest absolute Gasteiger partial charge is 0.199 e. The molecule has 0 saturated heterocycles. The zero-order valence-corrected chi connectivity index (χ0v) is 17.1. The van der Waals surface area contributed by atoms with Crippen LogP contribution in [-0.4, -0.2) is 34.8 Å². The van der Waals surface area contributed by atoms with E-state index in [9.17, 15) is 5.11 Å². The van der Waals surface area contributed by atoms with Crippen molar-refractivity contribution >= 4 is 33.9 Å². The number of nitrogens with one attached hydrogen (secondary N) is 1. The van der Waals surface area contributed by atoms with Crippen LogP contribution < -0.4 is 0 Å². The van der Waals surface area contributed by atoms with E-state index in [1.807, 2.05) is 74.8 Å². The monoisotopic (exact) mass is 403 g/mol. The van der Waals surface area contributed by atoms with Crippen LogP contribution in [0.5, 0.6) is 5.88 Å². The maximum Gasteiger partial charge on any atom is 0.199 e. The minimum atomic E-state index is 0.101. The van der Waals surface area contributed by atoms with E-state index in [0.29, 0.717) is 16.3 Å². The number of aromatic nitrogens is 1. The first-order valence-electron chi connectivity index (χ1n) is 9.39. The summed E-state index contributed by atoms with van der Waals surface area (Å²) in [6, 6.07) is 23.5. The Hall–Kier alpha value is -3.08. The lowest BCUT2D eigenvalue weighted by atomic mass is 10.0. The second-order valence-electron chi connectivity index (χ2n) is 7.27. The summed E-state index contributed by atoms with van der Waals surface area (Å²) >= 11 is 6.09. The third-order valence-corrected chi connectivity index (χ3v) is 4.97. The normalized spacial score (nSPS) is 12.1. The highest BCUT2D eigenvalue weighted by atomic mass is 35.5. The quantitative estimate of drug-likeness (QED) is 0.416. The second-order valence-corrected chi connectivity index (χ2v) is 7.70.